The van der Waals surface area contributed by atoms with Crippen LogP contribution in [0.2, 0.25) is 0 Å². The fraction of sp³-hybridized carbons (Fsp3) is 0.0455. The van der Waals surface area contributed by atoms with Gasteiger partial charge in [-0.2, -0.15) is 0 Å². The summed E-state index contributed by atoms with van der Waals surface area (Å²) < 4.78 is 0. The molecule has 8 heteroatoms. The van der Waals surface area contributed by atoms with Gasteiger partial charge in [-0.1, -0.05) is 36.4 Å². The van der Waals surface area contributed by atoms with Crippen molar-refractivity contribution in [3.05, 3.63) is 106 Å². The molecule has 1 fully saturated rings. The van der Waals surface area contributed by atoms with Crippen LogP contribution < -0.4 is 4.90 Å². The average molecular weight is 401 g/mol. The molecule has 4 rings (SSSR count). The van der Waals surface area contributed by atoms with Crippen molar-refractivity contribution in [2.75, 3.05) is 4.90 Å². The highest BCUT2D eigenvalue weighted by molar-refractivity contribution is 6.51. The molecule has 1 atom stereocenters. The highest BCUT2D eigenvalue weighted by atomic mass is 16.6. The third-order valence-electron chi connectivity index (χ3n) is 4.81. The molecule has 0 saturated carbocycles. The van der Waals surface area contributed by atoms with Crippen molar-refractivity contribution in [1.29, 1.82) is 0 Å². The third-order valence-corrected chi connectivity index (χ3v) is 4.81. The largest absolute Gasteiger partial charge is 0.507 e. The van der Waals surface area contributed by atoms with Gasteiger partial charge in [-0.05, 0) is 29.8 Å². The van der Waals surface area contributed by atoms with E-state index in [0.717, 1.165) is 0 Å². The van der Waals surface area contributed by atoms with Gasteiger partial charge in [0.15, 0.2) is 0 Å². The van der Waals surface area contributed by atoms with Crippen LogP contribution in [0.15, 0.2) is 84.6 Å². The van der Waals surface area contributed by atoms with Gasteiger partial charge < -0.3 is 5.11 Å². The number of nitro benzene ring substituents is 1. The number of aliphatic hydroxyl groups excluding tert-OH is 1. The number of nitro groups is 1. The maximum absolute atomic E-state index is 12.9. The smallest absolute Gasteiger partial charge is 0.301 e. The van der Waals surface area contributed by atoms with Gasteiger partial charge in [-0.15, -0.1) is 0 Å². The van der Waals surface area contributed by atoms with Crippen LogP contribution in [0.5, 0.6) is 0 Å². The van der Waals surface area contributed by atoms with E-state index in [0.29, 0.717) is 11.1 Å². The van der Waals surface area contributed by atoms with E-state index >= 15 is 0 Å². The normalized spacial score (nSPS) is 17.9. The lowest BCUT2D eigenvalue weighted by atomic mass is 9.95. The van der Waals surface area contributed by atoms with Gasteiger partial charge >= 0.3 is 5.91 Å². The summed E-state index contributed by atoms with van der Waals surface area (Å²) in [5.74, 6) is -1.79. The lowest BCUT2D eigenvalue weighted by Crippen LogP contribution is -2.30. The first-order valence-electron chi connectivity index (χ1n) is 9.01. The number of aliphatic hydroxyl groups is 1. The minimum Gasteiger partial charge on any atom is -0.507 e. The van der Waals surface area contributed by atoms with Crippen molar-refractivity contribution in [3.8, 4) is 0 Å². The number of pyridine rings is 1. The SMILES string of the molecule is O=C1C(=O)N(c2ccccn2)[C@H](c2ccc([N+](=O)[O-])cc2)/C1=C(\O)c1ccccc1. The van der Waals surface area contributed by atoms with E-state index in [4.69, 9.17) is 0 Å². The van der Waals surface area contributed by atoms with Gasteiger partial charge in [0.05, 0.1) is 16.5 Å². The van der Waals surface area contributed by atoms with E-state index in [1.54, 1.807) is 48.5 Å². The number of nitrogens with zero attached hydrogens (tertiary/aromatic N) is 3. The number of carbonyl (C=O) groups excluding carboxylic acids is 2. The average Bonchev–Trinajstić information content (AvgIpc) is 3.05. The molecule has 1 aromatic heterocycles. The van der Waals surface area contributed by atoms with Gasteiger partial charge in [-0.25, -0.2) is 4.98 Å². The molecular formula is C22H15N3O5. The topological polar surface area (TPSA) is 114 Å². The van der Waals surface area contributed by atoms with Crippen molar-refractivity contribution in [1.82, 2.24) is 4.98 Å². The fourth-order valence-electron chi connectivity index (χ4n) is 3.41. The summed E-state index contributed by atoms with van der Waals surface area (Å²) in [7, 11) is 0. The lowest BCUT2D eigenvalue weighted by molar-refractivity contribution is -0.384. The Hall–Kier alpha value is -4.33. The zero-order valence-electron chi connectivity index (χ0n) is 15.5. The molecule has 2 aromatic carbocycles. The molecular weight excluding hydrogens is 386 g/mol. The van der Waals surface area contributed by atoms with Crippen LogP contribution in [0.25, 0.3) is 5.76 Å². The minimum absolute atomic E-state index is 0.106. The number of hydrogen-bond acceptors (Lipinski definition) is 6. The van der Waals surface area contributed by atoms with Crippen LogP contribution in [0.1, 0.15) is 17.2 Å². The molecule has 8 nitrogen and oxygen atoms in total. The summed E-state index contributed by atoms with van der Waals surface area (Å²) in [6, 6.07) is 17.8. The van der Waals surface area contributed by atoms with Gasteiger partial charge in [-0.3, -0.25) is 24.6 Å². The first-order chi connectivity index (χ1) is 14.5. The van der Waals surface area contributed by atoms with Gasteiger partial charge in [0.25, 0.3) is 11.5 Å². The molecule has 2 heterocycles. The van der Waals surface area contributed by atoms with Crippen molar-refractivity contribution in [2.45, 2.75) is 6.04 Å². The summed E-state index contributed by atoms with van der Waals surface area (Å²) >= 11 is 0. The Morgan fingerprint density at radius 1 is 0.967 bits per heavy atom. The van der Waals surface area contributed by atoms with Gasteiger partial charge in [0.1, 0.15) is 11.6 Å². The first kappa shape index (κ1) is 19.0. The van der Waals surface area contributed by atoms with Crippen molar-refractivity contribution < 1.29 is 19.6 Å². The van der Waals surface area contributed by atoms with E-state index in [1.807, 2.05) is 0 Å². The van der Waals surface area contributed by atoms with Gasteiger partial charge in [0, 0.05) is 23.9 Å². The summed E-state index contributed by atoms with van der Waals surface area (Å²) in [4.78, 5) is 41.6. The maximum Gasteiger partial charge on any atom is 0.301 e. The van der Waals surface area contributed by atoms with Crippen LogP contribution in [0.3, 0.4) is 0 Å². The Labute approximate surface area is 170 Å². The number of Topliss-reactive ketones (excluding diaryl/α,β-unsaturated/α-hetero) is 1. The summed E-state index contributed by atoms with van der Waals surface area (Å²) in [5.41, 5.74) is 0.577. The molecule has 0 aliphatic carbocycles. The van der Waals surface area contributed by atoms with Crippen molar-refractivity contribution in [3.63, 3.8) is 0 Å². The predicted octanol–water partition coefficient (Wildman–Crippen LogP) is 3.62. The molecule has 1 N–H and O–H groups in total. The molecule has 1 amide bonds. The Morgan fingerprint density at radius 2 is 1.63 bits per heavy atom. The Morgan fingerprint density at radius 3 is 2.23 bits per heavy atom. The molecule has 3 aromatic rings. The van der Waals surface area contributed by atoms with Crippen LogP contribution in [0, 0.1) is 10.1 Å². The number of benzene rings is 2. The second kappa shape index (κ2) is 7.59. The van der Waals surface area contributed by atoms with Crippen LogP contribution in [-0.2, 0) is 9.59 Å². The van der Waals surface area contributed by atoms with E-state index < -0.39 is 22.7 Å². The summed E-state index contributed by atoms with van der Waals surface area (Å²) in [6.45, 7) is 0. The Balaban J connectivity index is 1.93. The molecule has 1 aliphatic heterocycles. The predicted molar refractivity (Wildman–Crippen MR) is 109 cm³/mol. The third kappa shape index (κ3) is 3.20. The number of amides is 1. The molecule has 0 bridgehead atoms. The minimum atomic E-state index is -0.985. The Bertz CT molecular complexity index is 1160. The standard InChI is InChI=1S/C22H15N3O5/c26-20(15-6-2-1-3-7-15)18-19(14-9-11-16(12-10-14)25(29)30)24(22(28)21(18)27)17-8-4-5-13-23-17/h1-13,19,26H/b20-18+/t19-/m1/s1. The number of aromatic nitrogens is 1. The van der Waals surface area contributed by atoms with E-state index in [-0.39, 0.29) is 22.8 Å². The molecule has 1 saturated heterocycles. The summed E-state index contributed by atoms with van der Waals surface area (Å²) in [5, 5.41) is 21.9. The highest BCUT2D eigenvalue weighted by Crippen LogP contribution is 2.41. The molecule has 30 heavy (non-hydrogen) atoms. The second-order valence-electron chi connectivity index (χ2n) is 6.57. The molecule has 0 spiro atoms. The number of ketones is 1. The van der Waals surface area contributed by atoms with Crippen LogP contribution >= 0.6 is 0 Å². The van der Waals surface area contributed by atoms with E-state index in [1.165, 1.54) is 35.4 Å². The van der Waals surface area contributed by atoms with Gasteiger partial charge in [0.2, 0.25) is 0 Å². The number of hydrogen-bond donors (Lipinski definition) is 1. The zero-order chi connectivity index (χ0) is 21.3. The number of anilines is 1. The van der Waals surface area contributed by atoms with Crippen molar-refractivity contribution >= 4 is 29.0 Å². The monoisotopic (exact) mass is 401 g/mol. The molecule has 0 radical (unpaired) electrons. The second-order valence-corrected chi connectivity index (χ2v) is 6.57. The van der Waals surface area contributed by atoms with Crippen molar-refractivity contribution in [2.24, 2.45) is 0 Å². The number of rotatable bonds is 4. The number of non-ortho nitro benzene ring substituents is 1. The van der Waals surface area contributed by atoms with E-state index in [9.17, 15) is 24.8 Å². The Kier molecular flexibility index (Phi) is 4.81. The highest BCUT2D eigenvalue weighted by Gasteiger charge is 2.47. The van der Waals surface area contributed by atoms with Crippen LogP contribution in [0.4, 0.5) is 11.5 Å². The lowest BCUT2D eigenvalue weighted by Gasteiger charge is -2.24. The van der Waals surface area contributed by atoms with Crippen LogP contribution in [-0.4, -0.2) is 26.7 Å². The fourth-order valence-corrected chi connectivity index (χ4v) is 3.41. The molecule has 0 unspecified atom stereocenters. The molecule has 1 aliphatic rings. The maximum atomic E-state index is 12.9. The zero-order valence-corrected chi connectivity index (χ0v) is 15.5. The molecule has 148 valence electrons. The number of carbonyl (C=O) groups is 2. The quantitative estimate of drug-likeness (QED) is 0.235. The summed E-state index contributed by atoms with van der Waals surface area (Å²) in [6.07, 6.45) is 1.48. The van der Waals surface area contributed by atoms with E-state index in [2.05, 4.69) is 4.98 Å². The first-order valence-corrected chi connectivity index (χ1v) is 9.01.